The van der Waals surface area contributed by atoms with E-state index in [1.165, 1.54) is 27.7 Å². The molecule has 2 saturated carbocycles. The lowest BCUT2D eigenvalue weighted by atomic mass is 10.00. The molecule has 8 nitrogen and oxygen atoms in total. The number of benzene rings is 1. The SMILES string of the molecule is Cc1ccc(CNC(=O)c2ccc3n(c2=O)CCN(CC2(S(=O)(=O)C4CCC4)CC2)C3=O)cc1F. The summed E-state index contributed by atoms with van der Waals surface area (Å²) in [5, 5.41) is 2.33. The summed E-state index contributed by atoms with van der Waals surface area (Å²) in [5.74, 6) is -1.38. The first-order valence-corrected chi connectivity index (χ1v) is 13.5. The Labute approximate surface area is 203 Å². The number of nitrogens with zero attached hydrogens (tertiary/aromatic N) is 2. The lowest BCUT2D eigenvalue weighted by molar-refractivity contribution is 0.0694. The Bertz CT molecular complexity index is 1380. The van der Waals surface area contributed by atoms with Crippen LogP contribution in [0.15, 0.2) is 35.1 Å². The molecule has 186 valence electrons. The number of sulfone groups is 1. The molecule has 0 bridgehead atoms. The molecule has 1 N–H and O–H groups in total. The van der Waals surface area contributed by atoms with E-state index in [0.29, 0.717) is 36.8 Å². The standard InChI is InChI=1S/C25H28FN3O5S/c1-16-5-6-17(13-20(16)26)14-27-22(30)19-7-8-21-24(32)28(11-12-29(21)23(19)31)15-25(9-10-25)35(33,34)18-3-2-4-18/h5-8,13,18H,2-4,9-12,14-15H2,1H3,(H,27,30). The van der Waals surface area contributed by atoms with E-state index in [1.54, 1.807) is 19.1 Å². The van der Waals surface area contributed by atoms with Crippen LogP contribution in [0.2, 0.25) is 0 Å². The van der Waals surface area contributed by atoms with Gasteiger partial charge in [0.25, 0.3) is 17.4 Å². The number of halogens is 1. The van der Waals surface area contributed by atoms with Crippen molar-refractivity contribution in [3.05, 3.63) is 68.9 Å². The summed E-state index contributed by atoms with van der Waals surface area (Å²) in [7, 11) is -3.29. The number of aryl methyl sites for hydroxylation is 1. The van der Waals surface area contributed by atoms with E-state index >= 15 is 0 Å². The van der Waals surface area contributed by atoms with Crippen LogP contribution in [0.5, 0.6) is 0 Å². The number of pyridine rings is 1. The van der Waals surface area contributed by atoms with Crippen LogP contribution >= 0.6 is 0 Å². The fourth-order valence-electron chi connectivity index (χ4n) is 4.87. The second-order valence-corrected chi connectivity index (χ2v) is 12.5. The van der Waals surface area contributed by atoms with Crippen molar-refractivity contribution in [2.75, 3.05) is 13.1 Å². The van der Waals surface area contributed by atoms with Crippen molar-refractivity contribution < 1.29 is 22.4 Å². The quantitative estimate of drug-likeness (QED) is 0.626. The molecule has 0 atom stereocenters. The number of fused-ring (bicyclic) bond motifs is 1. The third-order valence-corrected chi connectivity index (χ3v) is 10.7. The van der Waals surface area contributed by atoms with Crippen LogP contribution in [-0.2, 0) is 22.9 Å². The number of carbonyl (C=O) groups excluding carboxylic acids is 2. The highest BCUT2D eigenvalue weighted by Crippen LogP contribution is 2.49. The van der Waals surface area contributed by atoms with Crippen LogP contribution in [0.25, 0.3) is 0 Å². The highest BCUT2D eigenvalue weighted by Gasteiger charge is 2.59. The summed E-state index contributed by atoms with van der Waals surface area (Å²) < 4.78 is 40.2. The molecule has 2 fully saturated rings. The van der Waals surface area contributed by atoms with Gasteiger partial charge < -0.3 is 14.8 Å². The summed E-state index contributed by atoms with van der Waals surface area (Å²) in [4.78, 5) is 40.3. The van der Waals surface area contributed by atoms with Crippen molar-refractivity contribution in [1.82, 2.24) is 14.8 Å². The predicted octanol–water partition coefficient (Wildman–Crippen LogP) is 2.18. The van der Waals surface area contributed by atoms with Gasteiger partial charge in [-0.1, -0.05) is 18.6 Å². The molecule has 5 rings (SSSR count). The molecule has 1 aromatic carbocycles. The zero-order chi connectivity index (χ0) is 25.0. The Balaban J connectivity index is 1.30. The van der Waals surface area contributed by atoms with Crippen LogP contribution in [-0.4, -0.2) is 52.8 Å². The van der Waals surface area contributed by atoms with Gasteiger partial charge >= 0.3 is 0 Å². The molecule has 0 spiro atoms. The average molecular weight is 502 g/mol. The summed E-state index contributed by atoms with van der Waals surface area (Å²) in [6, 6.07) is 7.41. The van der Waals surface area contributed by atoms with Gasteiger partial charge in [-0.2, -0.15) is 0 Å². The summed E-state index contributed by atoms with van der Waals surface area (Å²) in [5.41, 5.74) is 0.534. The molecule has 3 aliphatic rings. The highest BCUT2D eigenvalue weighted by atomic mass is 32.2. The normalized spacial score (nSPS) is 19.1. The van der Waals surface area contributed by atoms with Crippen molar-refractivity contribution in [2.24, 2.45) is 0 Å². The van der Waals surface area contributed by atoms with Crippen molar-refractivity contribution in [2.45, 2.75) is 62.1 Å². The van der Waals surface area contributed by atoms with E-state index in [9.17, 15) is 27.2 Å². The number of hydrogen-bond acceptors (Lipinski definition) is 5. The Kier molecular flexibility index (Phi) is 5.82. The fraction of sp³-hybridized carbons (Fsp3) is 0.480. The second kappa shape index (κ2) is 8.58. The lowest BCUT2D eigenvalue weighted by Crippen LogP contribution is -2.51. The van der Waals surface area contributed by atoms with Gasteiger partial charge in [0.15, 0.2) is 9.84 Å². The van der Waals surface area contributed by atoms with Gasteiger partial charge in [-0.05, 0) is 61.9 Å². The number of nitrogens with one attached hydrogen (secondary N) is 1. The predicted molar refractivity (Wildman–Crippen MR) is 127 cm³/mol. The van der Waals surface area contributed by atoms with E-state index in [4.69, 9.17) is 0 Å². The maximum Gasteiger partial charge on any atom is 0.270 e. The van der Waals surface area contributed by atoms with Gasteiger partial charge in [-0.25, -0.2) is 12.8 Å². The highest BCUT2D eigenvalue weighted by molar-refractivity contribution is 7.93. The van der Waals surface area contributed by atoms with E-state index in [0.717, 1.165) is 6.42 Å². The number of rotatable bonds is 7. The van der Waals surface area contributed by atoms with E-state index in [1.807, 2.05) is 0 Å². The molecule has 10 heteroatoms. The molecule has 0 saturated heterocycles. The van der Waals surface area contributed by atoms with Crippen LogP contribution in [0.3, 0.4) is 0 Å². The van der Waals surface area contributed by atoms with Crippen LogP contribution in [0, 0.1) is 12.7 Å². The van der Waals surface area contributed by atoms with Gasteiger partial charge in [-0.3, -0.25) is 14.4 Å². The van der Waals surface area contributed by atoms with Crippen LogP contribution in [0.4, 0.5) is 4.39 Å². The maximum atomic E-state index is 13.7. The zero-order valence-electron chi connectivity index (χ0n) is 19.5. The molecule has 35 heavy (non-hydrogen) atoms. The number of carbonyl (C=O) groups is 2. The third kappa shape index (κ3) is 4.07. The third-order valence-electron chi connectivity index (χ3n) is 7.59. The molecule has 0 radical (unpaired) electrons. The average Bonchev–Trinajstić information content (AvgIpc) is 3.57. The van der Waals surface area contributed by atoms with Crippen LogP contribution in [0.1, 0.15) is 64.1 Å². The van der Waals surface area contributed by atoms with Gasteiger partial charge in [-0.15, -0.1) is 0 Å². The molecule has 2 amide bonds. The van der Waals surface area contributed by atoms with Gasteiger partial charge in [0.1, 0.15) is 17.1 Å². The minimum absolute atomic E-state index is 0.0570. The molecule has 1 aromatic heterocycles. The smallest absolute Gasteiger partial charge is 0.270 e. The molecule has 2 aliphatic carbocycles. The summed E-state index contributed by atoms with van der Waals surface area (Å²) in [6.07, 6.45) is 3.44. The topological polar surface area (TPSA) is 106 Å². The van der Waals surface area contributed by atoms with Gasteiger partial charge in [0.05, 0.1) is 10.00 Å². The Morgan fingerprint density at radius 2 is 1.89 bits per heavy atom. The van der Waals surface area contributed by atoms with Gasteiger partial charge in [0.2, 0.25) is 0 Å². The zero-order valence-corrected chi connectivity index (χ0v) is 20.4. The summed E-state index contributed by atoms with van der Waals surface area (Å²) >= 11 is 0. The van der Waals surface area contributed by atoms with E-state index in [-0.39, 0.29) is 48.5 Å². The number of hydrogen-bond donors (Lipinski definition) is 1. The molecule has 1 aliphatic heterocycles. The fourth-order valence-corrected chi connectivity index (χ4v) is 7.54. The minimum Gasteiger partial charge on any atom is -0.348 e. The van der Waals surface area contributed by atoms with E-state index in [2.05, 4.69) is 5.32 Å². The number of aromatic nitrogens is 1. The Morgan fingerprint density at radius 3 is 2.51 bits per heavy atom. The van der Waals surface area contributed by atoms with Crippen LogP contribution < -0.4 is 10.9 Å². The first-order chi connectivity index (χ1) is 16.6. The second-order valence-electron chi connectivity index (χ2n) is 9.86. The number of amides is 2. The largest absolute Gasteiger partial charge is 0.348 e. The Morgan fingerprint density at radius 1 is 1.14 bits per heavy atom. The first-order valence-electron chi connectivity index (χ1n) is 11.9. The summed E-state index contributed by atoms with van der Waals surface area (Å²) in [6.45, 7) is 2.24. The van der Waals surface area contributed by atoms with Crippen molar-refractivity contribution in [1.29, 1.82) is 0 Å². The van der Waals surface area contributed by atoms with Gasteiger partial charge in [0, 0.05) is 26.2 Å². The minimum atomic E-state index is -3.29. The molecule has 2 aromatic rings. The molecule has 0 unspecified atom stereocenters. The Hall–Kier alpha value is -3.01. The van der Waals surface area contributed by atoms with Crippen molar-refractivity contribution >= 4 is 21.7 Å². The molecular formula is C25H28FN3O5S. The van der Waals surface area contributed by atoms with Crippen molar-refractivity contribution in [3.63, 3.8) is 0 Å². The van der Waals surface area contributed by atoms with E-state index < -0.39 is 32.0 Å². The monoisotopic (exact) mass is 501 g/mol. The lowest BCUT2D eigenvalue weighted by Gasteiger charge is -2.35. The molecule has 2 heterocycles. The first kappa shape index (κ1) is 23.7. The maximum absolute atomic E-state index is 13.7. The molecular weight excluding hydrogens is 473 g/mol. The van der Waals surface area contributed by atoms with Crippen molar-refractivity contribution in [3.8, 4) is 0 Å².